The first-order chi connectivity index (χ1) is 14.1. The summed E-state index contributed by atoms with van der Waals surface area (Å²) in [5, 5.41) is 4.87. The lowest BCUT2D eigenvalue weighted by Gasteiger charge is -2.05. The van der Waals surface area contributed by atoms with Gasteiger partial charge in [-0.3, -0.25) is 9.59 Å². The molecule has 3 aromatic carbocycles. The highest BCUT2D eigenvalue weighted by Crippen LogP contribution is 2.29. The molecule has 1 heterocycles. The maximum Gasteiger partial charge on any atom is 0.265 e. The lowest BCUT2D eigenvalue weighted by molar-refractivity contribution is 0.101. The van der Waals surface area contributed by atoms with Gasteiger partial charge in [0, 0.05) is 11.3 Å². The van der Waals surface area contributed by atoms with E-state index < -0.39 is 0 Å². The van der Waals surface area contributed by atoms with E-state index >= 15 is 0 Å². The Labute approximate surface area is 173 Å². The Bertz CT molecular complexity index is 1140. The van der Waals surface area contributed by atoms with Crippen LogP contribution in [-0.2, 0) is 0 Å². The van der Waals surface area contributed by atoms with Gasteiger partial charge in [-0.05, 0) is 58.8 Å². The number of benzene rings is 3. The van der Waals surface area contributed by atoms with E-state index in [0.717, 1.165) is 27.9 Å². The van der Waals surface area contributed by atoms with Gasteiger partial charge >= 0.3 is 0 Å². The smallest absolute Gasteiger partial charge is 0.265 e. The van der Waals surface area contributed by atoms with Gasteiger partial charge in [-0.25, -0.2) is 0 Å². The number of Topliss-reactive ketones (excluding diaryl/α,β-unsaturated/α-hetero) is 1. The third kappa shape index (κ3) is 4.33. The van der Waals surface area contributed by atoms with Crippen molar-refractivity contribution >= 4 is 28.7 Å². The van der Waals surface area contributed by atoms with Crippen LogP contribution < -0.4 is 5.32 Å². The molecule has 0 spiro atoms. The Morgan fingerprint density at radius 1 is 0.862 bits per heavy atom. The summed E-state index contributed by atoms with van der Waals surface area (Å²) >= 11 is 1.42. The average molecular weight is 396 g/mol. The molecular formula is C25H18NO2S. The second kappa shape index (κ2) is 8.25. The number of rotatable bonds is 5. The fourth-order valence-electron chi connectivity index (χ4n) is 3.02. The van der Waals surface area contributed by atoms with E-state index in [9.17, 15) is 9.59 Å². The molecule has 0 aliphatic rings. The van der Waals surface area contributed by atoms with Crippen molar-refractivity contribution in [3.05, 3.63) is 101 Å². The minimum atomic E-state index is -0.122. The maximum absolute atomic E-state index is 12.4. The maximum atomic E-state index is 12.4. The van der Waals surface area contributed by atoms with Crippen LogP contribution in [0.5, 0.6) is 0 Å². The highest BCUT2D eigenvalue weighted by molar-refractivity contribution is 7.12. The molecule has 0 unspecified atom stereocenters. The zero-order chi connectivity index (χ0) is 20.2. The molecule has 3 nitrogen and oxygen atoms in total. The first-order valence-electron chi connectivity index (χ1n) is 9.18. The highest BCUT2D eigenvalue weighted by atomic mass is 32.1. The Hall–Kier alpha value is -3.50. The zero-order valence-electron chi connectivity index (χ0n) is 15.8. The molecule has 1 radical (unpaired) electrons. The Kier molecular flexibility index (Phi) is 5.36. The topological polar surface area (TPSA) is 46.2 Å². The fraction of sp³-hybridized carbons (Fsp3) is 0.0400. The standard InChI is InChI=1S/C25H18NO2S/c1-17(27)18-7-9-19(10-8-18)20-11-13-21(14-12-20)22-15-24(29-16-22)25(28)26-23-5-3-2-4-6-23/h2-3,5-16H,1H3,(H,26,28). The zero-order valence-corrected chi connectivity index (χ0v) is 16.6. The van der Waals surface area contributed by atoms with Crippen molar-refractivity contribution in [3.8, 4) is 22.3 Å². The number of hydrogen-bond donors (Lipinski definition) is 1. The summed E-state index contributed by atoms with van der Waals surface area (Å²) in [6.45, 7) is 1.57. The molecular weight excluding hydrogens is 378 g/mol. The fourth-order valence-corrected chi connectivity index (χ4v) is 3.83. The summed E-state index contributed by atoms with van der Waals surface area (Å²) in [6, 6.07) is 27.9. The van der Waals surface area contributed by atoms with Crippen LogP contribution in [0.25, 0.3) is 22.3 Å². The average Bonchev–Trinajstić information content (AvgIpc) is 3.25. The van der Waals surface area contributed by atoms with Gasteiger partial charge in [-0.15, -0.1) is 11.3 Å². The van der Waals surface area contributed by atoms with Crippen LogP contribution in [0.2, 0.25) is 0 Å². The molecule has 141 valence electrons. The largest absolute Gasteiger partial charge is 0.321 e. The second-order valence-electron chi connectivity index (χ2n) is 6.66. The summed E-state index contributed by atoms with van der Waals surface area (Å²) in [5.41, 5.74) is 5.65. The minimum absolute atomic E-state index is 0.0644. The van der Waals surface area contributed by atoms with Crippen LogP contribution >= 0.6 is 11.3 Å². The quantitative estimate of drug-likeness (QED) is 0.400. The number of nitrogens with one attached hydrogen (secondary N) is 1. The molecule has 0 bridgehead atoms. The number of anilines is 1. The predicted molar refractivity (Wildman–Crippen MR) is 118 cm³/mol. The lowest BCUT2D eigenvalue weighted by Crippen LogP contribution is -2.09. The Balaban J connectivity index is 1.49. The normalized spacial score (nSPS) is 10.5. The van der Waals surface area contributed by atoms with Gasteiger partial charge in [-0.1, -0.05) is 60.7 Å². The molecule has 4 rings (SSSR count). The van der Waals surface area contributed by atoms with E-state index in [0.29, 0.717) is 10.4 Å². The van der Waals surface area contributed by atoms with Crippen molar-refractivity contribution in [2.75, 3.05) is 5.32 Å². The Morgan fingerprint density at radius 3 is 2.07 bits per heavy atom. The van der Waals surface area contributed by atoms with Crippen LogP contribution in [0.15, 0.2) is 84.2 Å². The molecule has 1 amide bonds. The molecule has 4 heteroatoms. The van der Waals surface area contributed by atoms with Gasteiger partial charge in [0.15, 0.2) is 5.78 Å². The van der Waals surface area contributed by atoms with E-state index in [1.54, 1.807) is 19.1 Å². The third-order valence-corrected chi connectivity index (χ3v) is 5.56. The molecule has 0 atom stereocenters. The number of carbonyl (C=O) groups excluding carboxylic acids is 2. The van der Waals surface area contributed by atoms with Gasteiger partial charge in [0.2, 0.25) is 0 Å². The van der Waals surface area contributed by atoms with E-state index in [1.165, 1.54) is 11.3 Å². The summed E-state index contributed by atoms with van der Waals surface area (Å²) in [7, 11) is 0. The molecule has 0 saturated carbocycles. The van der Waals surface area contributed by atoms with E-state index in [2.05, 4.69) is 23.5 Å². The third-order valence-electron chi connectivity index (χ3n) is 4.63. The van der Waals surface area contributed by atoms with Crippen LogP contribution in [0.3, 0.4) is 0 Å². The van der Waals surface area contributed by atoms with Crippen molar-refractivity contribution < 1.29 is 9.59 Å². The summed E-state index contributed by atoms with van der Waals surface area (Å²) in [6.07, 6.45) is 0. The number of hydrogen-bond acceptors (Lipinski definition) is 3. The molecule has 1 aromatic heterocycles. The monoisotopic (exact) mass is 396 g/mol. The molecule has 4 aromatic rings. The SMILES string of the molecule is CC(=O)c1ccc(-c2ccc(-c3csc(C(=O)Nc4c[c]ccc4)c3)cc2)cc1. The van der Waals surface area contributed by atoms with Crippen LogP contribution in [0, 0.1) is 6.07 Å². The lowest BCUT2D eigenvalue weighted by atomic mass is 10.00. The van der Waals surface area contributed by atoms with Crippen molar-refractivity contribution in [2.45, 2.75) is 6.92 Å². The molecule has 0 saturated heterocycles. The van der Waals surface area contributed by atoms with Crippen LogP contribution in [0.1, 0.15) is 27.0 Å². The summed E-state index contributed by atoms with van der Waals surface area (Å²) in [5.74, 6) is -0.0578. The van der Waals surface area contributed by atoms with Crippen LogP contribution in [0.4, 0.5) is 5.69 Å². The Morgan fingerprint density at radius 2 is 1.48 bits per heavy atom. The highest BCUT2D eigenvalue weighted by Gasteiger charge is 2.11. The van der Waals surface area contributed by atoms with Gasteiger partial charge in [-0.2, -0.15) is 0 Å². The van der Waals surface area contributed by atoms with Gasteiger partial charge in [0.25, 0.3) is 5.91 Å². The van der Waals surface area contributed by atoms with Gasteiger partial charge < -0.3 is 5.32 Å². The first kappa shape index (κ1) is 18.8. The minimum Gasteiger partial charge on any atom is -0.321 e. The van der Waals surface area contributed by atoms with Crippen molar-refractivity contribution in [3.63, 3.8) is 0 Å². The van der Waals surface area contributed by atoms with E-state index in [-0.39, 0.29) is 11.7 Å². The molecule has 0 fully saturated rings. The first-order valence-corrected chi connectivity index (χ1v) is 10.1. The van der Waals surface area contributed by atoms with Gasteiger partial charge in [0.05, 0.1) is 4.88 Å². The molecule has 0 aliphatic carbocycles. The summed E-state index contributed by atoms with van der Waals surface area (Å²) in [4.78, 5) is 24.5. The number of carbonyl (C=O) groups is 2. The van der Waals surface area contributed by atoms with Crippen LogP contribution in [-0.4, -0.2) is 11.7 Å². The van der Waals surface area contributed by atoms with Gasteiger partial charge in [0.1, 0.15) is 0 Å². The molecule has 0 aliphatic heterocycles. The van der Waals surface area contributed by atoms with Crippen molar-refractivity contribution in [1.82, 2.24) is 0 Å². The second-order valence-corrected chi connectivity index (χ2v) is 7.57. The number of amides is 1. The predicted octanol–water partition coefficient (Wildman–Crippen LogP) is 6.34. The number of ketones is 1. The van der Waals surface area contributed by atoms with Crippen molar-refractivity contribution in [2.24, 2.45) is 0 Å². The summed E-state index contributed by atoms with van der Waals surface area (Å²) < 4.78 is 0. The van der Waals surface area contributed by atoms with E-state index in [1.807, 2.05) is 60.0 Å². The van der Waals surface area contributed by atoms with Crippen molar-refractivity contribution in [1.29, 1.82) is 0 Å². The molecule has 1 N–H and O–H groups in total. The number of thiophene rings is 1. The van der Waals surface area contributed by atoms with E-state index in [4.69, 9.17) is 0 Å². The molecule has 29 heavy (non-hydrogen) atoms.